The number of carbonyl (C=O) groups excluding carboxylic acids is 1. The Hall–Kier alpha value is -2.61. The number of benzene rings is 1. The van der Waals surface area contributed by atoms with E-state index in [4.69, 9.17) is 9.15 Å². The monoisotopic (exact) mass is 363 g/mol. The first-order chi connectivity index (χ1) is 11.8. The predicted octanol–water partition coefficient (Wildman–Crippen LogP) is 1.08. The highest BCUT2D eigenvalue weighted by Crippen LogP contribution is 2.24. The largest absolute Gasteiger partial charge is 0.497 e. The number of ether oxygens (including phenoxy) is 1. The molecule has 7 nitrogen and oxygen atoms in total. The highest BCUT2D eigenvalue weighted by Gasteiger charge is 2.24. The third-order valence-corrected chi connectivity index (χ3v) is 5.50. The first-order valence-electron chi connectivity index (χ1n) is 7.60. The molecule has 8 heteroatoms. The van der Waals surface area contributed by atoms with Crippen LogP contribution in [0.25, 0.3) is 11.0 Å². The van der Waals surface area contributed by atoms with Gasteiger partial charge in [-0.05, 0) is 30.7 Å². The molecule has 0 spiro atoms. The van der Waals surface area contributed by atoms with Gasteiger partial charge in [0, 0.05) is 16.9 Å². The van der Waals surface area contributed by atoms with Crippen molar-refractivity contribution in [3.63, 3.8) is 0 Å². The number of aryl methyl sites for hydroxylation is 1. The van der Waals surface area contributed by atoms with Crippen molar-refractivity contribution in [3.05, 3.63) is 51.2 Å². The molecule has 2 aromatic rings. The van der Waals surface area contributed by atoms with Gasteiger partial charge in [0.15, 0.2) is 9.84 Å². The number of nitrogens with one attached hydrogen (secondary N) is 1. The van der Waals surface area contributed by atoms with Crippen molar-refractivity contribution in [1.82, 2.24) is 5.32 Å². The maximum absolute atomic E-state index is 12.2. The van der Waals surface area contributed by atoms with Crippen LogP contribution in [0.4, 0.5) is 0 Å². The fourth-order valence-electron chi connectivity index (χ4n) is 2.79. The van der Waals surface area contributed by atoms with Crippen LogP contribution in [0, 0.1) is 6.92 Å². The number of amides is 1. The highest BCUT2D eigenvalue weighted by molar-refractivity contribution is 7.94. The summed E-state index contributed by atoms with van der Waals surface area (Å²) in [6, 6.07) is 4.55. The number of methoxy groups -OCH3 is 1. The van der Waals surface area contributed by atoms with Crippen molar-refractivity contribution in [2.45, 2.75) is 19.4 Å². The molecule has 0 aliphatic carbocycles. The molecular formula is C17H17NO6S. The molecule has 0 fully saturated rings. The van der Waals surface area contributed by atoms with E-state index in [-0.39, 0.29) is 17.7 Å². The zero-order chi connectivity index (χ0) is 18.2. The molecule has 1 atom stereocenters. The lowest BCUT2D eigenvalue weighted by Gasteiger charge is -2.11. The van der Waals surface area contributed by atoms with Gasteiger partial charge in [0.05, 0.1) is 30.9 Å². The summed E-state index contributed by atoms with van der Waals surface area (Å²) < 4.78 is 33.1. The Kier molecular flexibility index (Phi) is 4.38. The molecule has 0 saturated carbocycles. The van der Waals surface area contributed by atoms with E-state index in [1.54, 1.807) is 25.1 Å². The maximum Gasteiger partial charge on any atom is 0.340 e. The summed E-state index contributed by atoms with van der Waals surface area (Å²) in [7, 11) is -1.74. The quantitative estimate of drug-likeness (QED) is 0.816. The molecule has 132 valence electrons. The summed E-state index contributed by atoms with van der Waals surface area (Å²) in [5, 5.41) is 4.40. The van der Waals surface area contributed by atoms with Crippen LogP contribution in [-0.2, 0) is 21.1 Å². The fourth-order valence-corrected chi connectivity index (χ4v) is 4.03. The van der Waals surface area contributed by atoms with Gasteiger partial charge in [-0.15, -0.1) is 0 Å². The highest BCUT2D eigenvalue weighted by atomic mass is 32.2. The van der Waals surface area contributed by atoms with Gasteiger partial charge in [-0.2, -0.15) is 0 Å². The van der Waals surface area contributed by atoms with Gasteiger partial charge in [-0.3, -0.25) is 4.79 Å². The predicted molar refractivity (Wildman–Crippen MR) is 92.3 cm³/mol. The average Bonchev–Trinajstić information content (AvgIpc) is 2.89. The van der Waals surface area contributed by atoms with Gasteiger partial charge < -0.3 is 14.5 Å². The molecule has 2 heterocycles. The van der Waals surface area contributed by atoms with Crippen LogP contribution in [0.3, 0.4) is 0 Å². The molecule has 1 N–H and O–H groups in total. The van der Waals surface area contributed by atoms with Crippen molar-refractivity contribution in [3.8, 4) is 5.75 Å². The summed E-state index contributed by atoms with van der Waals surface area (Å²) in [6.07, 6.45) is 1.25. The number of rotatable bonds is 4. The smallest absolute Gasteiger partial charge is 0.340 e. The van der Waals surface area contributed by atoms with Crippen LogP contribution in [0.2, 0.25) is 0 Å². The van der Waals surface area contributed by atoms with Crippen molar-refractivity contribution in [2.24, 2.45) is 0 Å². The van der Waals surface area contributed by atoms with Crippen LogP contribution < -0.4 is 15.7 Å². The molecule has 0 radical (unpaired) electrons. The van der Waals surface area contributed by atoms with Crippen molar-refractivity contribution < 1.29 is 22.4 Å². The molecule has 1 amide bonds. The van der Waals surface area contributed by atoms with E-state index in [2.05, 4.69) is 5.32 Å². The normalized spacial score (nSPS) is 18.4. The van der Waals surface area contributed by atoms with Crippen LogP contribution in [0.5, 0.6) is 5.75 Å². The van der Waals surface area contributed by atoms with E-state index >= 15 is 0 Å². The van der Waals surface area contributed by atoms with E-state index in [0.717, 1.165) is 5.41 Å². The van der Waals surface area contributed by atoms with Crippen molar-refractivity contribution in [2.75, 3.05) is 12.9 Å². The molecule has 1 aromatic heterocycles. The van der Waals surface area contributed by atoms with Crippen LogP contribution in [-0.4, -0.2) is 33.2 Å². The van der Waals surface area contributed by atoms with Crippen molar-refractivity contribution >= 4 is 26.7 Å². The minimum atomic E-state index is -3.25. The Balaban J connectivity index is 1.85. The van der Waals surface area contributed by atoms with Crippen LogP contribution >= 0.6 is 0 Å². The third-order valence-electron chi connectivity index (χ3n) is 4.11. The molecule has 1 aliphatic rings. The lowest BCUT2D eigenvalue weighted by atomic mass is 10.0. The first-order valence-corrected chi connectivity index (χ1v) is 9.31. The van der Waals surface area contributed by atoms with E-state index < -0.39 is 27.4 Å². The number of sulfone groups is 1. The zero-order valence-electron chi connectivity index (χ0n) is 13.7. The summed E-state index contributed by atoms with van der Waals surface area (Å²) in [4.78, 5) is 24.4. The Morgan fingerprint density at radius 1 is 1.40 bits per heavy atom. The number of hydrogen-bond donors (Lipinski definition) is 1. The van der Waals surface area contributed by atoms with E-state index in [1.165, 1.54) is 13.2 Å². The first kappa shape index (κ1) is 17.2. The van der Waals surface area contributed by atoms with E-state index in [9.17, 15) is 18.0 Å². The molecular weight excluding hydrogens is 346 g/mol. The molecule has 25 heavy (non-hydrogen) atoms. The second-order valence-electron chi connectivity index (χ2n) is 5.86. The molecule has 3 rings (SSSR count). The minimum Gasteiger partial charge on any atom is -0.497 e. The van der Waals surface area contributed by atoms with Gasteiger partial charge in [0.1, 0.15) is 11.3 Å². The molecule has 0 unspecified atom stereocenters. The molecule has 1 aromatic carbocycles. The summed E-state index contributed by atoms with van der Waals surface area (Å²) >= 11 is 0. The number of carbonyl (C=O) groups is 1. The van der Waals surface area contributed by atoms with Gasteiger partial charge in [0.2, 0.25) is 5.91 Å². The van der Waals surface area contributed by atoms with Gasteiger partial charge >= 0.3 is 5.63 Å². The molecule has 0 bridgehead atoms. The molecule has 1 aliphatic heterocycles. The van der Waals surface area contributed by atoms with Gasteiger partial charge in [-0.25, -0.2) is 13.2 Å². The van der Waals surface area contributed by atoms with Crippen LogP contribution in [0.15, 0.2) is 38.9 Å². The topological polar surface area (TPSA) is 103 Å². The second-order valence-corrected chi connectivity index (χ2v) is 7.80. The summed E-state index contributed by atoms with van der Waals surface area (Å²) in [5.74, 6) is -0.0334. The van der Waals surface area contributed by atoms with Crippen LogP contribution in [0.1, 0.15) is 11.1 Å². The third kappa shape index (κ3) is 3.58. The van der Waals surface area contributed by atoms with E-state index in [0.29, 0.717) is 22.3 Å². The summed E-state index contributed by atoms with van der Waals surface area (Å²) in [6.45, 7) is 1.74. The van der Waals surface area contributed by atoms with Crippen molar-refractivity contribution in [1.29, 1.82) is 0 Å². The van der Waals surface area contributed by atoms with Gasteiger partial charge in [0.25, 0.3) is 0 Å². The Morgan fingerprint density at radius 2 is 2.16 bits per heavy atom. The average molecular weight is 363 g/mol. The fraction of sp³-hybridized carbons (Fsp3) is 0.294. The number of fused-ring (bicyclic) bond motifs is 1. The van der Waals surface area contributed by atoms with Gasteiger partial charge in [-0.1, -0.05) is 0 Å². The Labute approximate surface area is 144 Å². The standard InChI is InChI=1S/C17H17NO6S/c1-10-13-4-3-12(23-2)7-15(13)24-17(20)14(10)8-16(19)18-11-5-6-25(21,22)9-11/h3-7,11H,8-9H2,1-2H3,(H,18,19)/t11-/m0/s1. The summed E-state index contributed by atoms with van der Waals surface area (Å²) in [5.41, 5.74) is 0.692. The lowest BCUT2D eigenvalue weighted by Crippen LogP contribution is -2.37. The second kappa shape index (κ2) is 6.36. The SMILES string of the molecule is COc1ccc2c(C)c(CC(=O)N[C@H]3C=CS(=O)(=O)C3)c(=O)oc2c1. The zero-order valence-corrected chi connectivity index (χ0v) is 14.6. The number of hydrogen-bond acceptors (Lipinski definition) is 6. The lowest BCUT2D eigenvalue weighted by molar-refractivity contribution is -0.120. The Morgan fingerprint density at radius 3 is 2.80 bits per heavy atom. The Bertz CT molecular complexity index is 1040. The molecule has 0 saturated heterocycles. The maximum atomic E-state index is 12.2. The minimum absolute atomic E-state index is 0.163. The van der Waals surface area contributed by atoms with E-state index in [1.807, 2.05) is 0 Å².